The molecule has 0 bridgehead atoms. The molecule has 1 fully saturated rings. The summed E-state index contributed by atoms with van der Waals surface area (Å²) in [7, 11) is -3.03. The van der Waals surface area contributed by atoms with Crippen LogP contribution in [0.5, 0.6) is 0 Å². The molecule has 2 heterocycles. The highest BCUT2D eigenvalue weighted by Gasteiger charge is 2.36. The van der Waals surface area contributed by atoms with Crippen molar-refractivity contribution in [3.05, 3.63) is 24.8 Å². The fourth-order valence-corrected chi connectivity index (χ4v) is 2.53. The third-order valence-electron chi connectivity index (χ3n) is 2.28. The van der Waals surface area contributed by atoms with E-state index in [0.29, 0.717) is 6.54 Å². The van der Waals surface area contributed by atoms with E-state index in [4.69, 9.17) is 14.7 Å². The average Bonchev–Trinajstić information content (AvgIpc) is 2.36. The van der Waals surface area contributed by atoms with Gasteiger partial charge in [0.1, 0.15) is 16.2 Å². The quantitative estimate of drug-likeness (QED) is 0.550. The first-order chi connectivity index (χ1) is 6.59. The van der Waals surface area contributed by atoms with Gasteiger partial charge in [0.15, 0.2) is 0 Å². The number of fused-ring (bicyclic) bond motifs is 1. The van der Waals surface area contributed by atoms with Crippen molar-refractivity contribution < 1.29 is 8.95 Å². The van der Waals surface area contributed by atoms with Crippen LogP contribution in [0.4, 0.5) is 0 Å². The van der Waals surface area contributed by atoms with E-state index in [2.05, 4.69) is 5.43 Å². The Morgan fingerprint density at radius 1 is 1.64 bits per heavy atom. The van der Waals surface area contributed by atoms with Gasteiger partial charge >= 0.3 is 0 Å². The monoisotopic (exact) mass is 216 g/mol. The zero-order chi connectivity index (χ0) is 10.2. The highest BCUT2D eigenvalue weighted by atomic mass is 32.2. The summed E-state index contributed by atoms with van der Waals surface area (Å²) in [5, 5.41) is 6.66. The molecule has 0 aromatic rings. The van der Waals surface area contributed by atoms with Crippen molar-refractivity contribution in [2.24, 2.45) is 5.14 Å². The fourth-order valence-electron chi connectivity index (χ4n) is 1.57. The molecule has 0 radical (unpaired) electrons. The summed E-state index contributed by atoms with van der Waals surface area (Å²) in [6.07, 6.45) is 6.45. The summed E-state index contributed by atoms with van der Waals surface area (Å²) in [4.78, 5) is 0. The first-order valence-corrected chi connectivity index (χ1v) is 5.83. The smallest absolute Gasteiger partial charge is 0.109 e. The maximum atomic E-state index is 11.4. The molecular weight excluding hydrogens is 204 g/mol. The summed E-state index contributed by atoms with van der Waals surface area (Å²) in [5.41, 5.74) is 2.99. The average molecular weight is 216 g/mol. The Balaban J connectivity index is 2.29. The van der Waals surface area contributed by atoms with Gasteiger partial charge in [0.2, 0.25) is 0 Å². The number of nitrogens with two attached hydrogens (primary N) is 1. The molecule has 0 aliphatic carbocycles. The van der Waals surface area contributed by atoms with E-state index in [9.17, 15) is 4.21 Å². The topological polar surface area (TPSA) is 91.4 Å². The zero-order valence-corrected chi connectivity index (χ0v) is 8.24. The number of hydrazine groups is 1. The van der Waals surface area contributed by atoms with Crippen molar-refractivity contribution in [2.45, 2.75) is 11.3 Å². The van der Waals surface area contributed by atoms with Crippen LogP contribution in [0.1, 0.15) is 0 Å². The molecule has 2 rings (SSSR count). The summed E-state index contributed by atoms with van der Waals surface area (Å²) < 4.78 is 23.8. The summed E-state index contributed by atoms with van der Waals surface area (Å²) in [6, 6.07) is -0.177. The highest BCUT2D eigenvalue weighted by molar-refractivity contribution is 7.90. The zero-order valence-electron chi connectivity index (χ0n) is 7.42. The van der Waals surface area contributed by atoms with Crippen molar-refractivity contribution in [1.29, 1.82) is 4.78 Å². The second kappa shape index (κ2) is 3.26. The van der Waals surface area contributed by atoms with Crippen LogP contribution >= 0.6 is 0 Å². The predicted octanol–water partition coefficient (Wildman–Crippen LogP) is -0.521. The summed E-state index contributed by atoms with van der Waals surface area (Å²) in [5.74, 6) is 0. The number of nitrogens with one attached hydrogen (secondary N) is 2. The van der Waals surface area contributed by atoms with Crippen LogP contribution < -0.4 is 10.6 Å². The van der Waals surface area contributed by atoms with E-state index in [-0.39, 0.29) is 6.04 Å². The van der Waals surface area contributed by atoms with Gasteiger partial charge in [-0.25, -0.2) is 19.6 Å². The largest absolute Gasteiger partial charge is 0.471 e. The minimum absolute atomic E-state index is 0.177. The lowest BCUT2D eigenvalue weighted by Gasteiger charge is -2.20. The van der Waals surface area contributed by atoms with Crippen molar-refractivity contribution in [1.82, 2.24) is 10.4 Å². The first kappa shape index (κ1) is 9.50. The van der Waals surface area contributed by atoms with E-state index >= 15 is 0 Å². The fraction of sp³-hybridized carbons (Fsp3) is 0.429. The second-order valence-corrected chi connectivity index (χ2v) is 5.10. The van der Waals surface area contributed by atoms with Gasteiger partial charge in [0.25, 0.3) is 0 Å². The first-order valence-electron chi connectivity index (χ1n) is 4.15. The third-order valence-corrected chi connectivity index (χ3v) is 3.63. The summed E-state index contributed by atoms with van der Waals surface area (Å²) in [6.45, 7) is 0.443. The van der Waals surface area contributed by atoms with Crippen molar-refractivity contribution in [3.63, 3.8) is 0 Å². The number of hydrogen-bond acceptors (Lipinski definition) is 5. The number of nitrogens with zero attached hydrogens (tertiary/aromatic N) is 1. The third kappa shape index (κ3) is 1.61. The van der Waals surface area contributed by atoms with Crippen LogP contribution in [0.15, 0.2) is 24.8 Å². The van der Waals surface area contributed by atoms with Gasteiger partial charge in [-0.15, -0.1) is 0 Å². The van der Waals surface area contributed by atoms with Crippen LogP contribution in [0.2, 0.25) is 0 Å². The van der Waals surface area contributed by atoms with Crippen LogP contribution in [0, 0.1) is 4.78 Å². The number of ether oxygens (including phenoxy) is 1. The van der Waals surface area contributed by atoms with Crippen molar-refractivity contribution >= 4 is 9.92 Å². The molecular formula is C7H12N4O2S. The highest BCUT2D eigenvalue weighted by Crippen LogP contribution is 2.19. The Bertz CT molecular complexity index is 375. The lowest BCUT2D eigenvalue weighted by molar-refractivity contribution is 0.308. The van der Waals surface area contributed by atoms with Gasteiger partial charge < -0.3 is 9.75 Å². The molecule has 7 heteroatoms. The Hall–Kier alpha value is -1.05. The summed E-state index contributed by atoms with van der Waals surface area (Å²) >= 11 is 0. The van der Waals surface area contributed by atoms with Crippen LogP contribution in [-0.2, 0) is 14.7 Å². The van der Waals surface area contributed by atoms with Gasteiger partial charge in [0.05, 0.1) is 23.8 Å². The van der Waals surface area contributed by atoms with Crippen LogP contribution in [0.3, 0.4) is 0 Å². The molecule has 78 valence electrons. The predicted molar refractivity (Wildman–Crippen MR) is 51.8 cm³/mol. The molecule has 6 nitrogen and oxygen atoms in total. The van der Waals surface area contributed by atoms with Crippen LogP contribution in [0.25, 0.3) is 0 Å². The SMILES string of the molecule is N=S(N)(=O)C1CNN2C=COC=CC12. The molecule has 4 N–H and O–H groups in total. The Morgan fingerprint density at radius 3 is 3.14 bits per heavy atom. The molecule has 14 heavy (non-hydrogen) atoms. The lowest BCUT2D eigenvalue weighted by atomic mass is 10.2. The molecule has 2 aliphatic rings. The molecule has 0 saturated carbocycles. The molecule has 2 aliphatic heterocycles. The van der Waals surface area contributed by atoms with Gasteiger partial charge in [-0.1, -0.05) is 0 Å². The molecule has 1 saturated heterocycles. The molecule has 0 amide bonds. The normalized spacial score (nSPS) is 34.5. The molecule has 0 spiro atoms. The molecule has 0 aromatic heterocycles. The Labute approximate surface area is 82.5 Å². The number of hydrogen-bond donors (Lipinski definition) is 3. The maximum Gasteiger partial charge on any atom is 0.109 e. The van der Waals surface area contributed by atoms with E-state index in [0.717, 1.165) is 0 Å². The molecule has 3 unspecified atom stereocenters. The maximum absolute atomic E-state index is 11.4. The van der Waals surface area contributed by atoms with E-state index < -0.39 is 15.2 Å². The lowest BCUT2D eigenvalue weighted by Crippen LogP contribution is -2.38. The minimum Gasteiger partial charge on any atom is -0.471 e. The van der Waals surface area contributed by atoms with Crippen molar-refractivity contribution in [2.75, 3.05) is 6.54 Å². The van der Waals surface area contributed by atoms with Gasteiger partial charge in [-0.05, 0) is 6.08 Å². The van der Waals surface area contributed by atoms with Gasteiger partial charge in [-0.2, -0.15) is 0 Å². The van der Waals surface area contributed by atoms with Crippen molar-refractivity contribution in [3.8, 4) is 0 Å². The Kier molecular flexibility index (Phi) is 2.22. The molecule has 3 atom stereocenters. The number of rotatable bonds is 1. The van der Waals surface area contributed by atoms with E-state index in [1.165, 1.54) is 12.5 Å². The van der Waals surface area contributed by atoms with Gasteiger partial charge in [0, 0.05) is 6.54 Å². The molecule has 0 aromatic carbocycles. The minimum atomic E-state index is -3.03. The van der Waals surface area contributed by atoms with Crippen LogP contribution in [-0.4, -0.2) is 27.1 Å². The standard InChI is InChI=1S/C7H12N4O2S/c8-14(9,12)7-5-10-11-2-4-13-3-1-6(7)11/h1-4,6-7,10H,5H2,(H3,8,9,12). The second-order valence-electron chi connectivity index (χ2n) is 3.20. The van der Waals surface area contributed by atoms with E-state index in [1.807, 2.05) is 0 Å². The Morgan fingerprint density at radius 2 is 2.43 bits per heavy atom. The van der Waals surface area contributed by atoms with Gasteiger partial charge in [-0.3, -0.25) is 0 Å². The van der Waals surface area contributed by atoms with E-state index in [1.54, 1.807) is 17.3 Å².